The van der Waals surface area contributed by atoms with E-state index in [0.717, 1.165) is 31.6 Å². The number of phenolic OH excluding ortho intramolecular Hbond substituents is 2. The number of aromatic hydroxyl groups is 2. The van der Waals surface area contributed by atoms with Crippen LogP contribution >= 0.6 is 0 Å². The Labute approximate surface area is 178 Å². The average molecular weight is 415 g/mol. The number of nitrogens with one attached hydrogen (secondary N) is 1. The molecule has 0 radical (unpaired) electrons. The molecule has 2 aromatic rings. The summed E-state index contributed by atoms with van der Waals surface area (Å²) in [4.78, 5) is 12.8. The van der Waals surface area contributed by atoms with Crippen LogP contribution in [0.1, 0.15) is 83.6 Å². The average Bonchev–Trinajstić information content (AvgIpc) is 3.16. The summed E-state index contributed by atoms with van der Waals surface area (Å²) in [6.45, 7) is 6.14. The second-order valence-electron chi connectivity index (χ2n) is 8.85. The second-order valence-corrected chi connectivity index (χ2v) is 8.85. The van der Waals surface area contributed by atoms with Crippen molar-refractivity contribution in [2.45, 2.75) is 78.1 Å². The smallest absolute Gasteiger partial charge is 0.227 e. The van der Waals surface area contributed by atoms with E-state index < -0.39 is 0 Å². The molecular formula is C24H34N2O4. The molecule has 1 heterocycles. The largest absolute Gasteiger partial charge is 0.508 e. The predicted octanol–water partition coefficient (Wildman–Crippen LogP) is 6.20. The number of rotatable bonds is 8. The first-order chi connectivity index (χ1) is 14.4. The number of hydrogen-bond acceptors (Lipinski definition) is 5. The lowest BCUT2D eigenvalue weighted by molar-refractivity contribution is -0.121. The van der Waals surface area contributed by atoms with E-state index in [-0.39, 0.29) is 29.2 Å². The van der Waals surface area contributed by atoms with Crippen molar-refractivity contribution in [3.05, 3.63) is 23.9 Å². The van der Waals surface area contributed by atoms with E-state index in [9.17, 15) is 15.0 Å². The fourth-order valence-electron chi connectivity index (χ4n) is 4.39. The molecule has 164 valence electrons. The maximum Gasteiger partial charge on any atom is 0.227 e. The second kappa shape index (κ2) is 10.0. The molecule has 1 aromatic carbocycles. The van der Waals surface area contributed by atoms with E-state index in [4.69, 9.17) is 4.52 Å². The zero-order chi connectivity index (χ0) is 21.7. The van der Waals surface area contributed by atoms with Gasteiger partial charge in [0, 0.05) is 12.0 Å². The summed E-state index contributed by atoms with van der Waals surface area (Å²) >= 11 is 0. The van der Waals surface area contributed by atoms with Crippen molar-refractivity contribution in [3.8, 4) is 22.8 Å². The van der Waals surface area contributed by atoms with Crippen molar-refractivity contribution in [1.29, 1.82) is 0 Å². The van der Waals surface area contributed by atoms with Crippen molar-refractivity contribution >= 4 is 11.6 Å². The third kappa shape index (κ3) is 5.15. The molecule has 3 rings (SSSR count). The molecule has 1 amide bonds. The Kier molecular flexibility index (Phi) is 7.40. The number of aromatic nitrogens is 1. The van der Waals surface area contributed by atoms with Crippen molar-refractivity contribution < 1.29 is 19.5 Å². The monoisotopic (exact) mass is 414 g/mol. The number of benzene rings is 1. The molecule has 0 unspecified atom stereocenters. The third-order valence-electron chi connectivity index (χ3n) is 6.27. The standard InChI is InChI=1S/C24H34N2O4/c1-4-5-6-7-16-8-10-17(11-9-16)24(29)26-20-14-25-30-23(20)19-12-18(15(2)3)21(27)13-22(19)28/h12-17,27-28H,4-11H2,1-3H3,(H,26,29). The van der Waals surface area contributed by atoms with Crippen LogP contribution < -0.4 is 5.32 Å². The predicted molar refractivity (Wildman–Crippen MR) is 118 cm³/mol. The molecule has 1 saturated carbocycles. The molecule has 0 saturated heterocycles. The fourth-order valence-corrected chi connectivity index (χ4v) is 4.39. The number of carbonyl (C=O) groups is 1. The number of hydrogen-bond donors (Lipinski definition) is 3. The normalized spacial score (nSPS) is 19.2. The highest BCUT2D eigenvalue weighted by Gasteiger charge is 2.28. The van der Waals surface area contributed by atoms with Gasteiger partial charge in [0.15, 0.2) is 5.76 Å². The van der Waals surface area contributed by atoms with E-state index in [2.05, 4.69) is 17.4 Å². The summed E-state index contributed by atoms with van der Waals surface area (Å²) in [6, 6.07) is 2.99. The molecule has 0 spiro atoms. The maximum atomic E-state index is 12.8. The molecule has 1 aliphatic rings. The molecule has 6 heteroatoms. The highest BCUT2D eigenvalue weighted by Crippen LogP contribution is 2.41. The number of carbonyl (C=O) groups excluding carboxylic acids is 1. The maximum absolute atomic E-state index is 12.8. The van der Waals surface area contributed by atoms with E-state index in [1.54, 1.807) is 6.07 Å². The van der Waals surface area contributed by atoms with Gasteiger partial charge in [-0.15, -0.1) is 0 Å². The Morgan fingerprint density at radius 2 is 1.90 bits per heavy atom. The van der Waals surface area contributed by atoms with Gasteiger partial charge in [0.25, 0.3) is 0 Å². The van der Waals surface area contributed by atoms with Crippen molar-refractivity contribution in [3.63, 3.8) is 0 Å². The Bertz CT molecular complexity index is 851. The molecule has 3 N–H and O–H groups in total. The van der Waals surface area contributed by atoms with E-state index in [1.165, 1.54) is 37.9 Å². The summed E-state index contributed by atoms with van der Waals surface area (Å²) in [7, 11) is 0. The van der Waals surface area contributed by atoms with Gasteiger partial charge in [-0.05, 0) is 49.1 Å². The van der Waals surface area contributed by atoms with Crippen LogP contribution in [0.4, 0.5) is 5.69 Å². The minimum Gasteiger partial charge on any atom is -0.508 e. The molecule has 1 aromatic heterocycles. The Morgan fingerprint density at radius 1 is 1.17 bits per heavy atom. The molecule has 0 atom stereocenters. The summed E-state index contributed by atoms with van der Waals surface area (Å²) in [5.74, 6) is 1.01. The van der Waals surface area contributed by atoms with Crippen LogP contribution in [0.3, 0.4) is 0 Å². The van der Waals surface area contributed by atoms with Gasteiger partial charge < -0.3 is 20.1 Å². The van der Waals surface area contributed by atoms with Crippen LogP contribution in [0.25, 0.3) is 11.3 Å². The van der Waals surface area contributed by atoms with Gasteiger partial charge in [-0.2, -0.15) is 0 Å². The van der Waals surface area contributed by atoms with Gasteiger partial charge in [-0.25, -0.2) is 0 Å². The first-order valence-electron chi connectivity index (χ1n) is 11.2. The zero-order valence-corrected chi connectivity index (χ0v) is 18.3. The van der Waals surface area contributed by atoms with Crippen LogP contribution in [0.5, 0.6) is 11.5 Å². The summed E-state index contributed by atoms with van der Waals surface area (Å²) < 4.78 is 5.36. The lowest BCUT2D eigenvalue weighted by Crippen LogP contribution is -2.27. The molecular weight excluding hydrogens is 380 g/mol. The van der Waals surface area contributed by atoms with Crippen LogP contribution in [-0.4, -0.2) is 21.3 Å². The fraction of sp³-hybridized carbons (Fsp3) is 0.583. The topological polar surface area (TPSA) is 95.6 Å². The Balaban J connectivity index is 1.67. The molecule has 30 heavy (non-hydrogen) atoms. The number of nitrogens with zero attached hydrogens (tertiary/aromatic N) is 1. The van der Waals surface area contributed by atoms with Crippen molar-refractivity contribution in [2.24, 2.45) is 11.8 Å². The van der Waals surface area contributed by atoms with Crippen LogP contribution in [0, 0.1) is 11.8 Å². The summed E-state index contributed by atoms with van der Waals surface area (Å²) in [6.07, 6.45) is 10.6. The summed E-state index contributed by atoms with van der Waals surface area (Å²) in [5.41, 5.74) is 1.54. The lowest BCUT2D eigenvalue weighted by atomic mass is 9.79. The van der Waals surface area contributed by atoms with Crippen LogP contribution in [0.2, 0.25) is 0 Å². The highest BCUT2D eigenvalue weighted by atomic mass is 16.5. The molecule has 1 aliphatic carbocycles. The quantitative estimate of drug-likeness (QED) is 0.447. The van der Waals surface area contributed by atoms with E-state index in [0.29, 0.717) is 22.6 Å². The van der Waals surface area contributed by atoms with Crippen molar-refractivity contribution in [2.75, 3.05) is 5.32 Å². The van der Waals surface area contributed by atoms with Gasteiger partial charge in [-0.1, -0.05) is 51.6 Å². The van der Waals surface area contributed by atoms with Gasteiger partial charge in [-0.3, -0.25) is 4.79 Å². The minimum atomic E-state index is -0.114. The van der Waals surface area contributed by atoms with E-state index >= 15 is 0 Å². The molecule has 0 aliphatic heterocycles. The number of unbranched alkanes of at least 4 members (excludes halogenated alkanes) is 2. The number of phenols is 2. The first-order valence-corrected chi connectivity index (χ1v) is 11.2. The first kappa shape index (κ1) is 22.2. The summed E-state index contributed by atoms with van der Waals surface area (Å²) in [5, 5.41) is 27.2. The van der Waals surface area contributed by atoms with Gasteiger partial charge in [0.1, 0.15) is 17.2 Å². The van der Waals surface area contributed by atoms with Crippen molar-refractivity contribution in [1.82, 2.24) is 5.16 Å². The van der Waals surface area contributed by atoms with E-state index in [1.807, 2.05) is 13.8 Å². The van der Waals surface area contributed by atoms with Crippen LogP contribution in [0.15, 0.2) is 22.9 Å². The lowest BCUT2D eigenvalue weighted by Gasteiger charge is -2.27. The Morgan fingerprint density at radius 3 is 2.57 bits per heavy atom. The highest BCUT2D eigenvalue weighted by molar-refractivity contribution is 5.96. The van der Waals surface area contributed by atoms with Crippen LogP contribution in [-0.2, 0) is 4.79 Å². The van der Waals surface area contributed by atoms with Gasteiger partial charge in [0.2, 0.25) is 5.91 Å². The van der Waals surface area contributed by atoms with Gasteiger partial charge >= 0.3 is 0 Å². The molecule has 1 fully saturated rings. The number of amides is 1. The van der Waals surface area contributed by atoms with Gasteiger partial charge in [0.05, 0.1) is 11.8 Å². The molecule has 0 bridgehead atoms. The third-order valence-corrected chi connectivity index (χ3v) is 6.27. The zero-order valence-electron chi connectivity index (χ0n) is 18.3. The number of anilines is 1. The Hall–Kier alpha value is -2.50. The molecule has 6 nitrogen and oxygen atoms in total. The minimum absolute atomic E-state index is 0.00480. The SMILES string of the molecule is CCCCCC1CCC(C(=O)Nc2cnoc2-c2cc(C(C)C)c(O)cc2O)CC1.